The molecule has 1 amide bonds. The summed E-state index contributed by atoms with van der Waals surface area (Å²) < 4.78 is 35.8. The first-order chi connectivity index (χ1) is 14.1. The van der Waals surface area contributed by atoms with Gasteiger partial charge >= 0.3 is 0 Å². The van der Waals surface area contributed by atoms with Crippen molar-refractivity contribution in [2.24, 2.45) is 0 Å². The summed E-state index contributed by atoms with van der Waals surface area (Å²) in [6, 6.07) is 7.96. The summed E-state index contributed by atoms with van der Waals surface area (Å²) in [6.45, 7) is 5.76. The summed E-state index contributed by atoms with van der Waals surface area (Å²) in [5.74, 6) is 1.23. The Labute approximate surface area is 169 Å². The molecule has 2 aromatic carbocycles. The molecule has 1 heterocycles. The van der Waals surface area contributed by atoms with Gasteiger partial charge in [0.05, 0.1) is 19.8 Å². The summed E-state index contributed by atoms with van der Waals surface area (Å²) >= 11 is 0. The minimum Gasteiger partial charge on any atom is -0.490 e. The first kappa shape index (κ1) is 20.9. The van der Waals surface area contributed by atoms with E-state index < -0.39 is 0 Å². The zero-order valence-corrected chi connectivity index (χ0v) is 16.8. The lowest BCUT2D eigenvalue weighted by Gasteiger charge is -2.21. The summed E-state index contributed by atoms with van der Waals surface area (Å²) in [6.07, 6.45) is 1.33. The predicted octanol–water partition coefficient (Wildman–Crippen LogP) is 3.85. The van der Waals surface area contributed by atoms with Crippen LogP contribution in [0.2, 0.25) is 0 Å². The lowest BCUT2D eigenvalue weighted by atomic mass is 10.1. The molecule has 0 atom stereocenters. The van der Waals surface area contributed by atoms with Gasteiger partial charge in [0, 0.05) is 17.7 Å². The van der Waals surface area contributed by atoms with E-state index in [2.05, 4.69) is 5.32 Å². The highest BCUT2D eigenvalue weighted by molar-refractivity contribution is 5.94. The van der Waals surface area contributed by atoms with E-state index in [1.54, 1.807) is 18.2 Å². The van der Waals surface area contributed by atoms with Crippen LogP contribution >= 0.6 is 0 Å². The van der Waals surface area contributed by atoms with Gasteiger partial charge in [-0.2, -0.15) is 0 Å². The molecule has 1 N–H and O–H groups in total. The Hall–Kier alpha value is -2.80. The normalized spacial score (nSPS) is 12.7. The molecule has 7 heteroatoms. The van der Waals surface area contributed by atoms with Gasteiger partial charge in [0.25, 0.3) is 5.91 Å². The molecule has 0 bridgehead atoms. The van der Waals surface area contributed by atoms with Crippen LogP contribution in [0, 0.1) is 5.82 Å². The average Bonchev–Trinajstić information content (AvgIpc) is 2.72. The van der Waals surface area contributed by atoms with Gasteiger partial charge in [-0.1, -0.05) is 6.92 Å². The van der Waals surface area contributed by atoms with E-state index in [4.69, 9.17) is 18.9 Å². The van der Waals surface area contributed by atoms with Crippen molar-refractivity contribution >= 4 is 5.91 Å². The van der Waals surface area contributed by atoms with E-state index >= 15 is 0 Å². The molecule has 2 aromatic rings. The van der Waals surface area contributed by atoms with Gasteiger partial charge in [0.15, 0.2) is 18.3 Å². The van der Waals surface area contributed by atoms with Gasteiger partial charge in [0.1, 0.15) is 11.6 Å². The van der Waals surface area contributed by atoms with Crippen LogP contribution in [0.3, 0.4) is 0 Å². The molecule has 0 saturated carbocycles. The Kier molecular flexibility index (Phi) is 7.30. The van der Waals surface area contributed by atoms with E-state index in [-0.39, 0.29) is 18.5 Å². The Morgan fingerprint density at radius 1 is 1.17 bits per heavy atom. The second-order valence-corrected chi connectivity index (χ2v) is 6.61. The number of ether oxygens (including phenoxy) is 4. The molecule has 3 rings (SSSR count). The standard InChI is InChI=1S/C22H26FNO5/c1-3-9-28-19-6-5-16(12-20(19)27-4-2)22(25)24-8-7-15-10-18(23)11-17-13-26-14-29-21(15)17/h5-6,10-12H,3-4,7-9,13-14H2,1-2H3,(H,24,25). The fourth-order valence-electron chi connectivity index (χ4n) is 3.10. The summed E-state index contributed by atoms with van der Waals surface area (Å²) in [4.78, 5) is 12.5. The minimum absolute atomic E-state index is 0.143. The highest BCUT2D eigenvalue weighted by Crippen LogP contribution is 2.30. The van der Waals surface area contributed by atoms with Crippen molar-refractivity contribution in [2.45, 2.75) is 33.3 Å². The van der Waals surface area contributed by atoms with Gasteiger partial charge in [-0.05, 0) is 55.7 Å². The van der Waals surface area contributed by atoms with Gasteiger partial charge in [-0.25, -0.2) is 4.39 Å². The maximum Gasteiger partial charge on any atom is 0.251 e. The molecule has 0 spiro atoms. The number of fused-ring (bicyclic) bond motifs is 1. The van der Waals surface area contributed by atoms with E-state index in [0.29, 0.717) is 66.7 Å². The molecule has 156 valence electrons. The van der Waals surface area contributed by atoms with Crippen molar-refractivity contribution in [1.82, 2.24) is 5.32 Å². The van der Waals surface area contributed by atoms with Crippen LogP contribution in [0.1, 0.15) is 41.8 Å². The van der Waals surface area contributed by atoms with Crippen LogP contribution in [0.25, 0.3) is 0 Å². The van der Waals surface area contributed by atoms with Crippen molar-refractivity contribution in [3.05, 3.63) is 52.8 Å². The molecule has 6 nitrogen and oxygen atoms in total. The molecule has 0 radical (unpaired) electrons. The summed E-state index contributed by atoms with van der Waals surface area (Å²) in [5, 5.41) is 2.86. The van der Waals surface area contributed by atoms with Crippen LogP contribution in [0.4, 0.5) is 4.39 Å². The van der Waals surface area contributed by atoms with Crippen LogP contribution in [0.5, 0.6) is 17.2 Å². The molecule has 0 fully saturated rings. The number of carbonyl (C=O) groups excluding carboxylic acids is 1. The molecule has 0 unspecified atom stereocenters. The van der Waals surface area contributed by atoms with Crippen molar-refractivity contribution in [1.29, 1.82) is 0 Å². The number of halogens is 1. The molecular weight excluding hydrogens is 377 g/mol. The van der Waals surface area contributed by atoms with Gasteiger partial charge in [-0.15, -0.1) is 0 Å². The molecule has 1 aliphatic rings. The van der Waals surface area contributed by atoms with Gasteiger partial charge in [-0.3, -0.25) is 4.79 Å². The molecule has 1 aliphatic heterocycles. The number of benzene rings is 2. The number of hydrogen-bond donors (Lipinski definition) is 1. The Morgan fingerprint density at radius 2 is 2.03 bits per heavy atom. The van der Waals surface area contributed by atoms with Crippen LogP contribution in [0.15, 0.2) is 30.3 Å². The van der Waals surface area contributed by atoms with E-state index in [0.717, 1.165) is 6.42 Å². The smallest absolute Gasteiger partial charge is 0.251 e. The third-order valence-electron chi connectivity index (χ3n) is 4.40. The number of nitrogens with one attached hydrogen (secondary N) is 1. The lowest BCUT2D eigenvalue weighted by molar-refractivity contribution is -0.0172. The number of hydrogen-bond acceptors (Lipinski definition) is 5. The largest absolute Gasteiger partial charge is 0.490 e. The Bertz CT molecular complexity index is 855. The molecule has 0 aromatic heterocycles. The number of rotatable bonds is 9. The predicted molar refractivity (Wildman–Crippen MR) is 106 cm³/mol. The fraction of sp³-hybridized carbons (Fsp3) is 0.409. The summed E-state index contributed by atoms with van der Waals surface area (Å²) in [5.41, 5.74) is 1.87. The molecule has 0 saturated heterocycles. The summed E-state index contributed by atoms with van der Waals surface area (Å²) in [7, 11) is 0. The molecular formula is C22H26FNO5. The topological polar surface area (TPSA) is 66.0 Å². The third kappa shape index (κ3) is 5.38. The first-order valence-electron chi connectivity index (χ1n) is 9.82. The van der Waals surface area contributed by atoms with Gasteiger partial charge in [0.2, 0.25) is 0 Å². The van der Waals surface area contributed by atoms with Crippen molar-refractivity contribution in [3.63, 3.8) is 0 Å². The van der Waals surface area contributed by atoms with Crippen LogP contribution in [-0.4, -0.2) is 32.5 Å². The lowest BCUT2D eigenvalue weighted by Crippen LogP contribution is -2.26. The van der Waals surface area contributed by atoms with E-state index in [1.165, 1.54) is 12.1 Å². The highest BCUT2D eigenvalue weighted by atomic mass is 19.1. The fourth-order valence-corrected chi connectivity index (χ4v) is 3.10. The number of amides is 1. The monoisotopic (exact) mass is 403 g/mol. The third-order valence-corrected chi connectivity index (χ3v) is 4.40. The number of carbonyl (C=O) groups is 1. The zero-order valence-electron chi connectivity index (χ0n) is 16.8. The second kappa shape index (κ2) is 10.1. The van der Waals surface area contributed by atoms with E-state index in [1.807, 2.05) is 13.8 Å². The van der Waals surface area contributed by atoms with Crippen molar-refractivity contribution in [3.8, 4) is 17.2 Å². The Balaban J connectivity index is 1.64. The average molecular weight is 403 g/mol. The van der Waals surface area contributed by atoms with Gasteiger partial charge < -0.3 is 24.3 Å². The van der Waals surface area contributed by atoms with Crippen LogP contribution in [-0.2, 0) is 17.8 Å². The quantitative estimate of drug-likeness (QED) is 0.689. The molecule has 0 aliphatic carbocycles. The highest BCUT2D eigenvalue weighted by Gasteiger charge is 2.17. The first-order valence-corrected chi connectivity index (χ1v) is 9.82. The minimum atomic E-state index is -0.344. The SMILES string of the molecule is CCCOc1ccc(C(=O)NCCc2cc(F)cc3c2OCOC3)cc1OCC. The van der Waals surface area contributed by atoms with Crippen molar-refractivity contribution < 1.29 is 28.1 Å². The molecule has 29 heavy (non-hydrogen) atoms. The second-order valence-electron chi connectivity index (χ2n) is 6.61. The van der Waals surface area contributed by atoms with Crippen molar-refractivity contribution in [2.75, 3.05) is 26.6 Å². The van der Waals surface area contributed by atoms with Crippen LogP contribution < -0.4 is 19.5 Å². The zero-order chi connectivity index (χ0) is 20.6. The maximum atomic E-state index is 13.8. The van der Waals surface area contributed by atoms with E-state index in [9.17, 15) is 9.18 Å². The maximum absolute atomic E-state index is 13.8. The Morgan fingerprint density at radius 3 is 2.83 bits per heavy atom.